The first-order chi connectivity index (χ1) is 14.2. The molecule has 7 nitrogen and oxygen atoms in total. The van der Waals surface area contributed by atoms with Gasteiger partial charge in [0.2, 0.25) is 0 Å². The highest BCUT2D eigenvalue weighted by Gasteiger charge is 2.29. The van der Waals surface area contributed by atoms with Crippen LogP contribution in [0.2, 0.25) is 0 Å². The van der Waals surface area contributed by atoms with E-state index in [2.05, 4.69) is 21.1 Å². The van der Waals surface area contributed by atoms with Crippen LogP contribution in [0, 0.1) is 0 Å². The third kappa shape index (κ3) is 4.05. The van der Waals surface area contributed by atoms with E-state index in [0.29, 0.717) is 18.3 Å². The van der Waals surface area contributed by atoms with Crippen molar-refractivity contribution >= 4 is 0 Å². The normalized spacial score (nSPS) is 16.7. The molecule has 3 aromatic rings. The second kappa shape index (κ2) is 8.53. The maximum absolute atomic E-state index is 5.61. The van der Waals surface area contributed by atoms with E-state index in [1.807, 2.05) is 36.4 Å². The SMILES string of the molecule is COc1ccc(-c2nc(CN3CCCC3c3ccc(OC)cc3OC)no2)cc1. The number of benzene rings is 2. The maximum Gasteiger partial charge on any atom is 0.257 e. The molecule has 1 fully saturated rings. The van der Waals surface area contributed by atoms with Crippen LogP contribution in [0.3, 0.4) is 0 Å². The van der Waals surface area contributed by atoms with Gasteiger partial charge in [0.15, 0.2) is 5.82 Å². The van der Waals surface area contributed by atoms with Gasteiger partial charge in [-0.05, 0) is 49.7 Å². The molecule has 0 aliphatic carbocycles. The number of ether oxygens (including phenoxy) is 3. The Morgan fingerprint density at radius 2 is 1.76 bits per heavy atom. The molecule has 0 saturated carbocycles. The molecular weight excluding hydrogens is 370 g/mol. The van der Waals surface area contributed by atoms with Crippen molar-refractivity contribution in [2.45, 2.75) is 25.4 Å². The first-order valence-corrected chi connectivity index (χ1v) is 9.65. The van der Waals surface area contributed by atoms with Crippen molar-refractivity contribution in [1.82, 2.24) is 15.0 Å². The Morgan fingerprint density at radius 1 is 1.00 bits per heavy atom. The molecule has 1 aliphatic rings. The number of nitrogens with zero attached hydrogens (tertiary/aromatic N) is 3. The van der Waals surface area contributed by atoms with Gasteiger partial charge >= 0.3 is 0 Å². The summed E-state index contributed by atoms with van der Waals surface area (Å²) >= 11 is 0. The topological polar surface area (TPSA) is 69.9 Å². The molecule has 1 aliphatic heterocycles. The molecule has 0 bridgehead atoms. The Morgan fingerprint density at radius 3 is 2.48 bits per heavy atom. The van der Waals surface area contributed by atoms with Crippen LogP contribution >= 0.6 is 0 Å². The van der Waals surface area contributed by atoms with Crippen molar-refractivity contribution in [3.63, 3.8) is 0 Å². The lowest BCUT2D eigenvalue weighted by atomic mass is 10.0. The molecule has 2 aromatic carbocycles. The van der Waals surface area contributed by atoms with Crippen molar-refractivity contribution in [3.05, 3.63) is 53.9 Å². The number of methoxy groups -OCH3 is 3. The molecule has 7 heteroatoms. The average molecular weight is 395 g/mol. The highest BCUT2D eigenvalue weighted by Crippen LogP contribution is 2.39. The summed E-state index contributed by atoms with van der Waals surface area (Å²) in [6.07, 6.45) is 2.18. The van der Waals surface area contributed by atoms with Crippen LogP contribution in [0.25, 0.3) is 11.5 Å². The third-order valence-electron chi connectivity index (χ3n) is 5.31. The summed E-state index contributed by atoms with van der Waals surface area (Å²) in [5, 5.41) is 4.19. The highest BCUT2D eigenvalue weighted by molar-refractivity contribution is 5.54. The molecule has 152 valence electrons. The molecule has 0 amide bonds. The summed E-state index contributed by atoms with van der Waals surface area (Å²) < 4.78 is 21.6. The van der Waals surface area contributed by atoms with E-state index in [-0.39, 0.29) is 6.04 Å². The Balaban J connectivity index is 1.51. The zero-order valence-electron chi connectivity index (χ0n) is 16.9. The van der Waals surface area contributed by atoms with Gasteiger partial charge in [0.1, 0.15) is 17.2 Å². The molecule has 2 heterocycles. The fourth-order valence-corrected chi connectivity index (χ4v) is 3.81. The lowest BCUT2D eigenvalue weighted by molar-refractivity contribution is 0.233. The largest absolute Gasteiger partial charge is 0.497 e. The lowest BCUT2D eigenvalue weighted by Gasteiger charge is -2.25. The zero-order chi connectivity index (χ0) is 20.2. The van der Waals surface area contributed by atoms with Crippen molar-refractivity contribution in [3.8, 4) is 28.7 Å². The van der Waals surface area contributed by atoms with Crippen LogP contribution in [0.4, 0.5) is 0 Å². The lowest BCUT2D eigenvalue weighted by Crippen LogP contribution is -2.23. The molecule has 4 rings (SSSR count). The van der Waals surface area contributed by atoms with Crippen molar-refractivity contribution in [1.29, 1.82) is 0 Å². The van der Waals surface area contributed by atoms with Gasteiger partial charge in [0.05, 0.1) is 27.9 Å². The molecule has 1 unspecified atom stereocenters. The van der Waals surface area contributed by atoms with Gasteiger partial charge in [-0.15, -0.1) is 0 Å². The summed E-state index contributed by atoms with van der Waals surface area (Å²) in [4.78, 5) is 6.95. The maximum atomic E-state index is 5.61. The van der Waals surface area contributed by atoms with Crippen molar-refractivity contribution in [2.75, 3.05) is 27.9 Å². The second-order valence-electron chi connectivity index (χ2n) is 6.98. The van der Waals surface area contributed by atoms with E-state index in [4.69, 9.17) is 18.7 Å². The third-order valence-corrected chi connectivity index (χ3v) is 5.31. The summed E-state index contributed by atoms with van der Waals surface area (Å²) in [5.41, 5.74) is 2.03. The van der Waals surface area contributed by atoms with Crippen molar-refractivity contribution in [2.24, 2.45) is 0 Å². The van der Waals surface area contributed by atoms with E-state index in [0.717, 1.165) is 47.8 Å². The standard InChI is InChI=1S/C22H25N3O4/c1-26-16-8-6-15(7-9-16)22-23-21(24-29-22)14-25-12-4-5-19(25)18-11-10-17(27-2)13-20(18)28-3/h6-11,13,19H,4-5,12,14H2,1-3H3. The molecule has 1 aromatic heterocycles. The van der Waals surface area contributed by atoms with E-state index in [9.17, 15) is 0 Å². The minimum absolute atomic E-state index is 0.249. The van der Waals surface area contributed by atoms with Gasteiger partial charge in [-0.25, -0.2) is 0 Å². The number of hydrogen-bond donors (Lipinski definition) is 0. The second-order valence-corrected chi connectivity index (χ2v) is 6.98. The summed E-state index contributed by atoms with van der Waals surface area (Å²) in [6, 6.07) is 13.8. The Kier molecular flexibility index (Phi) is 5.67. The minimum Gasteiger partial charge on any atom is -0.497 e. The van der Waals surface area contributed by atoms with Crippen LogP contribution in [-0.4, -0.2) is 42.9 Å². The first kappa shape index (κ1) is 19.3. The van der Waals surface area contributed by atoms with E-state index in [1.54, 1.807) is 21.3 Å². The quantitative estimate of drug-likeness (QED) is 0.596. The zero-order valence-corrected chi connectivity index (χ0v) is 16.9. The fourth-order valence-electron chi connectivity index (χ4n) is 3.81. The number of likely N-dealkylation sites (tertiary alicyclic amines) is 1. The molecule has 0 radical (unpaired) electrons. The van der Waals surface area contributed by atoms with Crippen LogP contribution in [-0.2, 0) is 6.54 Å². The minimum atomic E-state index is 0.249. The molecule has 29 heavy (non-hydrogen) atoms. The molecule has 1 saturated heterocycles. The highest BCUT2D eigenvalue weighted by atomic mass is 16.5. The van der Waals surface area contributed by atoms with Crippen LogP contribution in [0.15, 0.2) is 47.0 Å². The van der Waals surface area contributed by atoms with E-state index >= 15 is 0 Å². The molecular formula is C22H25N3O4. The number of aromatic nitrogens is 2. The molecule has 1 atom stereocenters. The average Bonchev–Trinajstić information content (AvgIpc) is 3.43. The summed E-state index contributed by atoms with van der Waals surface area (Å²) in [7, 11) is 4.99. The smallest absolute Gasteiger partial charge is 0.257 e. The summed E-state index contributed by atoms with van der Waals surface area (Å²) in [5.74, 6) is 3.61. The van der Waals surface area contributed by atoms with E-state index in [1.165, 1.54) is 0 Å². The van der Waals surface area contributed by atoms with E-state index < -0.39 is 0 Å². The van der Waals surface area contributed by atoms with Crippen LogP contribution in [0.1, 0.15) is 30.3 Å². The van der Waals surface area contributed by atoms with Crippen molar-refractivity contribution < 1.29 is 18.7 Å². The predicted octanol–water partition coefficient (Wildman–Crippen LogP) is 4.10. The van der Waals surface area contributed by atoms with Gasteiger partial charge < -0.3 is 18.7 Å². The number of rotatable bonds is 7. The summed E-state index contributed by atoms with van der Waals surface area (Å²) in [6.45, 7) is 1.60. The van der Waals surface area contributed by atoms with Gasteiger partial charge in [0, 0.05) is 23.2 Å². The van der Waals surface area contributed by atoms with Gasteiger partial charge in [0.25, 0.3) is 5.89 Å². The van der Waals surface area contributed by atoms with Crippen LogP contribution in [0.5, 0.6) is 17.2 Å². The Labute approximate surface area is 170 Å². The van der Waals surface area contributed by atoms with Gasteiger partial charge in [-0.2, -0.15) is 4.98 Å². The molecule has 0 spiro atoms. The monoisotopic (exact) mass is 395 g/mol. The predicted molar refractivity (Wildman–Crippen MR) is 108 cm³/mol. The van der Waals surface area contributed by atoms with Gasteiger partial charge in [-0.3, -0.25) is 4.90 Å². The van der Waals surface area contributed by atoms with Gasteiger partial charge in [-0.1, -0.05) is 11.2 Å². The Hall–Kier alpha value is -3.06. The van der Waals surface area contributed by atoms with Crippen LogP contribution < -0.4 is 14.2 Å². The molecule has 0 N–H and O–H groups in total. The Bertz CT molecular complexity index is 955. The number of hydrogen-bond acceptors (Lipinski definition) is 7. The first-order valence-electron chi connectivity index (χ1n) is 9.65. The fraction of sp³-hybridized carbons (Fsp3) is 0.364.